The zero-order valence-corrected chi connectivity index (χ0v) is 9.98. The summed E-state index contributed by atoms with van der Waals surface area (Å²) in [4.78, 5) is 0. The van der Waals surface area contributed by atoms with Gasteiger partial charge in [0.1, 0.15) is 11.6 Å². The standard InChI is InChI=1S/C11H13F2N5/c1-6(9-4-3-8(12)5-10(9)13)14-7(2)11-15-17-18-16-11/h3-7,14H,1-2H3,(H,15,16,17,18). The highest BCUT2D eigenvalue weighted by Gasteiger charge is 2.17. The first kappa shape index (κ1) is 12.6. The number of hydrogen-bond donors (Lipinski definition) is 2. The molecule has 5 nitrogen and oxygen atoms in total. The topological polar surface area (TPSA) is 66.5 Å². The molecule has 0 amide bonds. The van der Waals surface area contributed by atoms with Crippen LogP contribution >= 0.6 is 0 Å². The van der Waals surface area contributed by atoms with E-state index in [1.54, 1.807) is 6.92 Å². The van der Waals surface area contributed by atoms with Gasteiger partial charge in [-0.3, -0.25) is 0 Å². The Morgan fingerprint density at radius 2 is 2.00 bits per heavy atom. The van der Waals surface area contributed by atoms with E-state index in [0.717, 1.165) is 6.07 Å². The normalized spacial score (nSPS) is 14.4. The average molecular weight is 253 g/mol. The number of aromatic amines is 1. The number of rotatable bonds is 4. The van der Waals surface area contributed by atoms with Crippen LogP contribution in [0.3, 0.4) is 0 Å². The Morgan fingerprint density at radius 1 is 1.22 bits per heavy atom. The lowest BCUT2D eigenvalue weighted by atomic mass is 10.1. The quantitative estimate of drug-likeness (QED) is 0.873. The summed E-state index contributed by atoms with van der Waals surface area (Å²) in [5.74, 6) is -0.672. The Labute approximate surface area is 103 Å². The lowest BCUT2D eigenvalue weighted by molar-refractivity contribution is 0.457. The minimum Gasteiger partial charge on any atom is -0.301 e. The second kappa shape index (κ2) is 5.18. The lowest BCUT2D eigenvalue weighted by Crippen LogP contribution is -2.24. The van der Waals surface area contributed by atoms with Crippen LogP contribution in [0.5, 0.6) is 0 Å². The molecule has 1 aromatic heterocycles. The summed E-state index contributed by atoms with van der Waals surface area (Å²) in [6.07, 6.45) is 0. The van der Waals surface area contributed by atoms with E-state index in [2.05, 4.69) is 25.9 Å². The van der Waals surface area contributed by atoms with Gasteiger partial charge in [0.15, 0.2) is 5.82 Å². The fraction of sp³-hybridized carbons (Fsp3) is 0.364. The SMILES string of the molecule is CC(NC(C)c1ccc(F)cc1F)c1nn[nH]n1. The predicted molar refractivity (Wildman–Crippen MR) is 60.5 cm³/mol. The highest BCUT2D eigenvalue weighted by molar-refractivity contribution is 5.21. The fourth-order valence-electron chi connectivity index (χ4n) is 1.74. The third-order valence-corrected chi connectivity index (χ3v) is 2.68. The largest absolute Gasteiger partial charge is 0.301 e. The summed E-state index contributed by atoms with van der Waals surface area (Å²) in [6, 6.07) is 3.04. The van der Waals surface area contributed by atoms with E-state index in [0.29, 0.717) is 11.4 Å². The molecule has 2 atom stereocenters. The average Bonchev–Trinajstić information content (AvgIpc) is 2.81. The first-order valence-corrected chi connectivity index (χ1v) is 5.52. The van der Waals surface area contributed by atoms with Gasteiger partial charge in [-0.25, -0.2) is 8.78 Å². The van der Waals surface area contributed by atoms with Gasteiger partial charge < -0.3 is 5.32 Å². The van der Waals surface area contributed by atoms with E-state index in [1.165, 1.54) is 12.1 Å². The van der Waals surface area contributed by atoms with Crippen molar-refractivity contribution in [1.82, 2.24) is 25.9 Å². The van der Waals surface area contributed by atoms with Crippen molar-refractivity contribution in [2.75, 3.05) is 0 Å². The summed E-state index contributed by atoms with van der Waals surface area (Å²) < 4.78 is 26.4. The molecule has 1 aromatic carbocycles. The molecule has 2 unspecified atom stereocenters. The van der Waals surface area contributed by atoms with Gasteiger partial charge in [0.05, 0.1) is 6.04 Å². The van der Waals surface area contributed by atoms with Crippen LogP contribution < -0.4 is 5.32 Å². The molecule has 2 rings (SSSR count). The zero-order chi connectivity index (χ0) is 13.1. The minimum atomic E-state index is -0.588. The van der Waals surface area contributed by atoms with Crippen molar-refractivity contribution in [2.24, 2.45) is 0 Å². The number of H-pyrrole nitrogens is 1. The number of nitrogens with zero attached hydrogens (tertiary/aromatic N) is 3. The molecule has 0 radical (unpaired) electrons. The van der Waals surface area contributed by atoms with Crippen molar-refractivity contribution in [1.29, 1.82) is 0 Å². The van der Waals surface area contributed by atoms with Gasteiger partial charge in [-0.2, -0.15) is 5.21 Å². The maximum Gasteiger partial charge on any atom is 0.191 e. The summed E-state index contributed by atoms with van der Waals surface area (Å²) in [5, 5.41) is 16.6. The molecule has 0 aliphatic rings. The van der Waals surface area contributed by atoms with Crippen LogP contribution in [-0.2, 0) is 0 Å². The first-order chi connectivity index (χ1) is 8.58. The van der Waals surface area contributed by atoms with E-state index >= 15 is 0 Å². The molecule has 18 heavy (non-hydrogen) atoms. The van der Waals surface area contributed by atoms with Crippen LogP contribution in [0.4, 0.5) is 8.78 Å². The second-order valence-corrected chi connectivity index (χ2v) is 4.05. The van der Waals surface area contributed by atoms with Gasteiger partial charge in [-0.15, -0.1) is 10.2 Å². The maximum absolute atomic E-state index is 13.6. The minimum absolute atomic E-state index is 0.191. The molecule has 0 spiro atoms. The van der Waals surface area contributed by atoms with Crippen molar-refractivity contribution in [3.63, 3.8) is 0 Å². The molecule has 0 fully saturated rings. The van der Waals surface area contributed by atoms with Gasteiger partial charge in [0, 0.05) is 17.7 Å². The fourth-order valence-corrected chi connectivity index (χ4v) is 1.74. The Balaban J connectivity index is 2.10. The molecule has 2 N–H and O–H groups in total. The van der Waals surface area contributed by atoms with Crippen LogP contribution in [0.25, 0.3) is 0 Å². The summed E-state index contributed by atoms with van der Waals surface area (Å²) in [5.41, 5.74) is 0.395. The summed E-state index contributed by atoms with van der Waals surface area (Å²) in [6.45, 7) is 3.62. The molecule has 7 heteroatoms. The van der Waals surface area contributed by atoms with Crippen molar-refractivity contribution in [3.05, 3.63) is 41.2 Å². The molecule has 0 saturated heterocycles. The van der Waals surface area contributed by atoms with Crippen LogP contribution in [0.1, 0.15) is 37.3 Å². The third-order valence-electron chi connectivity index (χ3n) is 2.68. The molecule has 2 aromatic rings. The van der Waals surface area contributed by atoms with Crippen molar-refractivity contribution < 1.29 is 8.78 Å². The Bertz CT molecular complexity index is 514. The lowest BCUT2D eigenvalue weighted by Gasteiger charge is -2.18. The highest BCUT2D eigenvalue weighted by Crippen LogP contribution is 2.20. The molecule has 0 bridgehead atoms. The molecular weight excluding hydrogens is 240 g/mol. The van der Waals surface area contributed by atoms with Gasteiger partial charge in [0.2, 0.25) is 0 Å². The number of nitrogens with one attached hydrogen (secondary N) is 2. The smallest absolute Gasteiger partial charge is 0.191 e. The molecule has 96 valence electrons. The van der Waals surface area contributed by atoms with E-state index in [-0.39, 0.29) is 12.1 Å². The summed E-state index contributed by atoms with van der Waals surface area (Å²) >= 11 is 0. The Morgan fingerprint density at radius 3 is 2.61 bits per heavy atom. The maximum atomic E-state index is 13.6. The van der Waals surface area contributed by atoms with Gasteiger partial charge in [-0.05, 0) is 19.9 Å². The molecule has 0 aliphatic heterocycles. The van der Waals surface area contributed by atoms with Crippen LogP contribution in [-0.4, -0.2) is 20.6 Å². The van der Waals surface area contributed by atoms with Crippen molar-refractivity contribution in [3.8, 4) is 0 Å². The van der Waals surface area contributed by atoms with Gasteiger partial charge >= 0.3 is 0 Å². The second-order valence-electron chi connectivity index (χ2n) is 4.05. The van der Waals surface area contributed by atoms with Gasteiger partial charge in [0.25, 0.3) is 0 Å². The Hall–Kier alpha value is -1.89. The van der Waals surface area contributed by atoms with Crippen LogP contribution in [0, 0.1) is 11.6 Å². The predicted octanol–water partition coefficient (Wildman–Crippen LogP) is 1.89. The van der Waals surface area contributed by atoms with Gasteiger partial charge in [-0.1, -0.05) is 11.3 Å². The monoisotopic (exact) mass is 253 g/mol. The molecular formula is C11H13F2N5. The van der Waals surface area contributed by atoms with E-state index < -0.39 is 11.6 Å². The number of aromatic nitrogens is 4. The number of hydrogen-bond acceptors (Lipinski definition) is 4. The number of benzene rings is 1. The molecule has 1 heterocycles. The molecule has 0 saturated carbocycles. The first-order valence-electron chi connectivity index (χ1n) is 5.52. The summed E-state index contributed by atoms with van der Waals surface area (Å²) in [7, 11) is 0. The van der Waals surface area contributed by atoms with Crippen LogP contribution in [0.15, 0.2) is 18.2 Å². The number of tetrazole rings is 1. The van der Waals surface area contributed by atoms with E-state index in [1.807, 2.05) is 6.92 Å². The third kappa shape index (κ3) is 2.67. The van der Waals surface area contributed by atoms with E-state index in [4.69, 9.17) is 0 Å². The zero-order valence-electron chi connectivity index (χ0n) is 9.98. The Kier molecular flexibility index (Phi) is 3.61. The van der Waals surface area contributed by atoms with Crippen LogP contribution in [0.2, 0.25) is 0 Å². The highest BCUT2D eigenvalue weighted by atomic mass is 19.1. The number of halogens is 2. The molecule has 0 aliphatic carbocycles. The van der Waals surface area contributed by atoms with E-state index in [9.17, 15) is 8.78 Å². The van der Waals surface area contributed by atoms with Crippen molar-refractivity contribution in [2.45, 2.75) is 25.9 Å². The van der Waals surface area contributed by atoms with Crippen molar-refractivity contribution >= 4 is 0 Å².